The van der Waals surface area contributed by atoms with E-state index in [2.05, 4.69) is 20.6 Å². The molecule has 21 heavy (non-hydrogen) atoms. The van der Waals surface area contributed by atoms with Crippen molar-refractivity contribution in [3.05, 3.63) is 36.4 Å². The fourth-order valence-electron chi connectivity index (χ4n) is 2.07. The Morgan fingerprint density at radius 1 is 1.38 bits per heavy atom. The van der Waals surface area contributed by atoms with Crippen molar-refractivity contribution in [2.24, 2.45) is 0 Å². The SMILES string of the molecule is CC(=O)N1CC(NC(=O)c2cn(-c3cccnc3)nn2)C1. The van der Waals surface area contributed by atoms with E-state index in [1.807, 2.05) is 6.07 Å². The van der Waals surface area contributed by atoms with E-state index in [9.17, 15) is 9.59 Å². The Labute approximate surface area is 120 Å². The average molecular weight is 286 g/mol. The number of carbonyl (C=O) groups is 2. The van der Waals surface area contributed by atoms with E-state index in [4.69, 9.17) is 0 Å². The van der Waals surface area contributed by atoms with Crippen molar-refractivity contribution in [2.45, 2.75) is 13.0 Å². The second kappa shape index (κ2) is 5.31. The van der Waals surface area contributed by atoms with Gasteiger partial charge in [-0.3, -0.25) is 14.6 Å². The Kier molecular flexibility index (Phi) is 3.35. The van der Waals surface area contributed by atoms with Crippen LogP contribution >= 0.6 is 0 Å². The van der Waals surface area contributed by atoms with Crippen molar-refractivity contribution in [3.63, 3.8) is 0 Å². The maximum absolute atomic E-state index is 12.0. The molecule has 1 aliphatic rings. The van der Waals surface area contributed by atoms with Gasteiger partial charge in [-0.25, -0.2) is 4.68 Å². The van der Waals surface area contributed by atoms with Crippen LogP contribution in [0.25, 0.3) is 5.69 Å². The quantitative estimate of drug-likeness (QED) is 0.830. The van der Waals surface area contributed by atoms with Crippen LogP contribution in [-0.4, -0.2) is 55.8 Å². The van der Waals surface area contributed by atoms with Gasteiger partial charge in [-0.05, 0) is 12.1 Å². The molecule has 1 N–H and O–H groups in total. The molecule has 0 unspecified atom stereocenters. The van der Waals surface area contributed by atoms with Gasteiger partial charge < -0.3 is 10.2 Å². The third kappa shape index (κ3) is 2.73. The zero-order chi connectivity index (χ0) is 14.8. The highest BCUT2D eigenvalue weighted by atomic mass is 16.2. The van der Waals surface area contributed by atoms with Crippen LogP contribution in [0.15, 0.2) is 30.7 Å². The number of hydrogen-bond acceptors (Lipinski definition) is 5. The van der Waals surface area contributed by atoms with Gasteiger partial charge in [0, 0.05) is 26.2 Å². The molecule has 1 aliphatic heterocycles. The van der Waals surface area contributed by atoms with E-state index in [1.165, 1.54) is 11.6 Å². The topological polar surface area (TPSA) is 93.0 Å². The molecule has 2 aromatic heterocycles. The highest BCUT2D eigenvalue weighted by Crippen LogP contribution is 2.09. The molecule has 0 aliphatic carbocycles. The highest BCUT2D eigenvalue weighted by Gasteiger charge is 2.30. The molecule has 8 heteroatoms. The normalized spacial score (nSPS) is 14.6. The minimum Gasteiger partial charge on any atom is -0.344 e. The van der Waals surface area contributed by atoms with E-state index < -0.39 is 0 Å². The molecule has 2 amide bonds. The summed E-state index contributed by atoms with van der Waals surface area (Å²) in [6.07, 6.45) is 4.84. The van der Waals surface area contributed by atoms with E-state index in [-0.39, 0.29) is 23.6 Å². The second-order valence-electron chi connectivity index (χ2n) is 4.85. The molecule has 3 rings (SSSR count). The Morgan fingerprint density at radius 2 is 2.19 bits per heavy atom. The van der Waals surface area contributed by atoms with Gasteiger partial charge in [0.15, 0.2) is 5.69 Å². The van der Waals surface area contributed by atoms with Gasteiger partial charge in [0.2, 0.25) is 5.91 Å². The lowest BCUT2D eigenvalue weighted by molar-refractivity contribution is -0.133. The number of nitrogens with zero attached hydrogens (tertiary/aromatic N) is 5. The summed E-state index contributed by atoms with van der Waals surface area (Å²) >= 11 is 0. The second-order valence-corrected chi connectivity index (χ2v) is 4.85. The summed E-state index contributed by atoms with van der Waals surface area (Å²) in [6.45, 7) is 2.59. The van der Waals surface area contributed by atoms with Crippen molar-refractivity contribution in [1.82, 2.24) is 30.2 Å². The predicted octanol–water partition coefficient (Wildman–Crippen LogP) is -0.377. The first-order chi connectivity index (χ1) is 10.1. The Morgan fingerprint density at radius 3 is 2.86 bits per heavy atom. The third-order valence-electron chi connectivity index (χ3n) is 3.30. The maximum atomic E-state index is 12.0. The number of carbonyl (C=O) groups excluding carboxylic acids is 2. The van der Waals surface area contributed by atoms with Crippen molar-refractivity contribution in [2.75, 3.05) is 13.1 Å². The molecular formula is C13H14N6O2. The minimum atomic E-state index is -0.293. The monoisotopic (exact) mass is 286 g/mol. The molecule has 0 saturated carbocycles. The molecule has 0 aromatic carbocycles. The highest BCUT2D eigenvalue weighted by molar-refractivity contribution is 5.92. The van der Waals surface area contributed by atoms with Gasteiger partial charge in [-0.2, -0.15) is 0 Å². The van der Waals surface area contributed by atoms with Crippen LogP contribution in [0.3, 0.4) is 0 Å². The van der Waals surface area contributed by atoms with Crippen LogP contribution in [0.5, 0.6) is 0 Å². The Balaban J connectivity index is 1.62. The maximum Gasteiger partial charge on any atom is 0.273 e. The molecule has 0 bridgehead atoms. The fourth-order valence-corrected chi connectivity index (χ4v) is 2.07. The number of pyridine rings is 1. The lowest BCUT2D eigenvalue weighted by Crippen LogP contribution is -2.60. The molecule has 108 valence electrons. The molecule has 0 radical (unpaired) electrons. The first-order valence-electron chi connectivity index (χ1n) is 6.52. The lowest BCUT2D eigenvalue weighted by atomic mass is 10.1. The molecule has 0 atom stereocenters. The standard InChI is InChI=1S/C13H14N6O2/c1-9(20)18-6-10(7-18)15-13(21)12-8-19(17-16-12)11-3-2-4-14-5-11/h2-5,8,10H,6-7H2,1H3,(H,15,21). The number of likely N-dealkylation sites (tertiary alicyclic amines) is 1. The summed E-state index contributed by atoms with van der Waals surface area (Å²) < 4.78 is 1.49. The molecule has 8 nitrogen and oxygen atoms in total. The summed E-state index contributed by atoms with van der Waals surface area (Å²) in [5.74, 6) is -0.277. The van der Waals surface area contributed by atoms with Gasteiger partial charge in [0.25, 0.3) is 5.91 Å². The zero-order valence-corrected chi connectivity index (χ0v) is 11.4. The van der Waals surface area contributed by atoms with E-state index in [0.717, 1.165) is 5.69 Å². The summed E-state index contributed by atoms with van der Waals surface area (Å²) in [4.78, 5) is 28.7. The molecule has 2 aromatic rings. The van der Waals surface area contributed by atoms with Gasteiger partial charge in [0.05, 0.1) is 24.1 Å². The lowest BCUT2D eigenvalue weighted by Gasteiger charge is -2.38. The van der Waals surface area contributed by atoms with Crippen LogP contribution < -0.4 is 5.32 Å². The van der Waals surface area contributed by atoms with Crippen LogP contribution in [-0.2, 0) is 4.79 Å². The molecule has 0 spiro atoms. The summed E-state index contributed by atoms with van der Waals surface area (Å²) in [5.41, 5.74) is 0.968. The number of nitrogens with one attached hydrogen (secondary N) is 1. The zero-order valence-electron chi connectivity index (χ0n) is 11.4. The van der Waals surface area contributed by atoms with Gasteiger partial charge in [0.1, 0.15) is 0 Å². The third-order valence-corrected chi connectivity index (χ3v) is 3.30. The number of amides is 2. The van der Waals surface area contributed by atoms with E-state index >= 15 is 0 Å². The van der Waals surface area contributed by atoms with Gasteiger partial charge >= 0.3 is 0 Å². The fraction of sp³-hybridized carbons (Fsp3) is 0.308. The van der Waals surface area contributed by atoms with Crippen molar-refractivity contribution >= 4 is 11.8 Å². The number of rotatable bonds is 3. The molecule has 3 heterocycles. The number of hydrogen-bond donors (Lipinski definition) is 1. The van der Waals surface area contributed by atoms with Gasteiger partial charge in [-0.15, -0.1) is 5.10 Å². The smallest absolute Gasteiger partial charge is 0.273 e. The largest absolute Gasteiger partial charge is 0.344 e. The Bertz CT molecular complexity index is 662. The van der Waals surface area contributed by atoms with Crippen LogP contribution in [0.2, 0.25) is 0 Å². The van der Waals surface area contributed by atoms with E-state index in [1.54, 1.807) is 29.6 Å². The van der Waals surface area contributed by atoms with Crippen LogP contribution in [0.1, 0.15) is 17.4 Å². The summed E-state index contributed by atoms with van der Waals surface area (Å²) in [6, 6.07) is 3.58. The Hall–Kier alpha value is -2.77. The van der Waals surface area contributed by atoms with Crippen LogP contribution in [0, 0.1) is 0 Å². The van der Waals surface area contributed by atoms with E-state index in [0.29, 0.717) is 13.1 Å². The summed E-state index contributed by atoms with van der Waals surface area (Å²) in [7, 11) is 0. The first-order valence-corrected chi connectivity index (χ1v) is 6.52. The molecule has 1 fully saturated rings. The first kappa shape index (κ1) is 13.2. The van der Waals surface area contributed by atoms with Crippen molar-refractivity contribution < 1.29 is 9.59 Å². The number of aromatic nitrogens is 4. The predicted molar refractivity (Wildman–Crippen MR) is 72.7 cm³/mol. The molecule has 1 saturated heterocycles. The average Bonchev–Trinajstić information content (AvgIpc) is 2.92. The molecular weight excluding hydrogens is 272 g/mol. The minimum absolute atomic E-state index is 0.0167. The van der Waals surface area contributed by atoms with Crippen molar-refractivity contribution in [3.8, 4) is 5.69 Å². The van der Waals surface area contributed by atoms with Crippen LogP contribution in [0.4, 0.5) is 0 Å². The van der Waals surface area contributed by atoms with Gasteiger partial charge in [-0.1, -0.05) is 5.21 Å². The summed E-state index contributed by atoms with van der Waals surface area (Å²) in [5, 5.41) is 10.6. The van der Waals surface area contributed by atoms with Crippen molar-refractivity contribution in [1.29, 1.82) is 0 Å².